The van der Waals surface area contributed by atoms with Gasteiger partial charge in [0, 0.05) is 12.5 Å². The molecule has 0 aromatic carbocycles. The minimum Gasteiger partial charge on any atom is -0.368 e. The van der Waals surface area contributed by atoms with Crippen LogP contribution in [0.4, 0.5) is 0 Å². The zero-order valence-electron chi connectivity index (χ0n) is 9.45. The molecular formula is C10H23NO2. The van der Waals surface area contributed by atoms with Crippen LogP contribution in [0.5, 0.6) is 0 Å². The molecule has 0 aromatic heterocycles. The Bertz CT molecular complexity index is 118. The van der Waals surface area contributed by atoms with Gasteiger partial charge in [-0.1, -0.05) is 13.8 Å². The third-order valence-corrected chi connectivity index (χ3v) is 2.20. The minimum atomic E-state index is -0.564. The van der Waals surface area contributed by atoms with E-state index in [0.29, 0.717) is 6.04 Å². The molecule has 13 heavy (non-hydrogen) atoms. The summed E-state index contributed by atoms with van der Waals surface area (Å²) in [6, 6.07) is 0.466. The molecule has 0 saturated carbocycles. The predicted octanol–water partition coefficient (Wildman–Crippen LogP) is 1.46. The summed E-state index contributed by atoms with van der Waals surface area (Å²) in [6.45, 7) is 6.00. The normalized spacial score (nSPS) is 33.9. The van der Waals surface area contributed by atoms with Crippen LogP contribution in [-0.2, 0) is 4.74 Å². The Balaban J connectivity index is 0.000000671. The van der Waals surface area contributed by atoms with Crippen LogP contribution in [0, 0.1) is 0 Å². The third kappa shape index (κ3) is 4.60. The fourth-order valence-corrected chi connectivity index (χ4v) is 1.51. The van der Waals surface area contributed by atoms with Gasteiger partial charge in [-0.05, 0) is 27.4 Å². The van der Waals surface area contributed by atoms with Gasteiger partial charge >= 0.3 is 0 Å². The topological polar surface area (TPSA) is 32.7 Å². The maximum atomic E-state index is 9.25. The minimum absolute atomic E-state index is 0.186. The summed E-state index contributed by atoms with van der Waals surface area (Å²) in [6.07, 6.45) is 1.37. The number of rotatable bonds is 1. The van der Waals surface area contributed by atoms with Crippen molar-refractivity contribution in [3.8, 4) is 0 Å². The van der Waals surface area contributed by atoms with Crippen molar-refractivity contribution in [3.63, 3.8) is 0 Å². The molecule has 3 atom stereocenters. The molecule has 3 nitrogen and oxygen atoms in total. The van der Waals surface area contributed by atoms with E-state index < -0.39 is 6.29 Å². The van der Waals surface area contributed by atoms with Crippen LogP contribution in [0.3, 0.4) is 0 Å². The van der Waals surface area contributed by atoms with E-state index in [4.69, 9.17) is 4.74 Å². The van der Waals surface area contributed by atoms with Crippen molar-refractivity contribution in [2.24, 2.45) is 0 Å². The molecular weight excluding hydrogens is 166 g/mol. The van der Waals surface area contributed by atoms with E-state index in [2.05, 4.69) is 4.90 Å². The third-order valence-electron chi connectivity index (χ3n) is 2.20. The molecule has 1 rings (SSSR count). The lowest BCUT2D eigenvalue weighted by molar-refractivity contribution is -0.172. The van der Waals surface area contributed by atoms with Gasteiger partial charge in [0.05, 0.1) is 6.10 Å². The second kappa shape index (κ2) is 6.35. The van der Waals surface area contributed by atoms with Gasteiger partial charge in [-0.3, -0.25) is 0 Å². The molecule has 0 amide bonds. The van der Waals surface area contributed by atoms with Crippen LogP contribution in [0.2, 0.25) is 0 Å². The number of aliphatic hydroxyl groups is 1. The molecule has 1 aliphatic heterocycles. The van der Waals surface area contributed by atoms with Crippen molar-refractivity contribution < 1.29 is 9.84 Å². The molecule has 0 spiro atoms. The number of hydrogen-bond acceptors (Lipinski definition) is 3. The molecule has 0 aliphatic carbocycles. The van der Waals surface area contributed by atoms with Crippen LogP contribution in [0.15, 0.2) is 0 Å². The van der Waals surface area contributed by atoms with E-state index >= 15 is 0 Å². The van der Waals surface area contributed by atoms with Gasteiger partial charge in [-0.15, -0.1) is 0 Å². The number of ether oxygens (including phenoxy) is 1. The van der Waals surface area contributed by atoms with Crippen LogP contribution in [-0.4, -0.2) is 42.5 Å². The second-order valence-electron chi connectivity index (χ2n) is 3.49. The number of nitrogens with zero attached hydrogens (tertiary/aromatic N) is 1. The molecule has 0 aromatic rings. The Labute approximate surface area is 81.7 Å². The Hall–Kier alpha value is -0.120. The average Bonchev–Trinajstić information content (AvgIpc) is 2.06. The summed E-state index contributed by atoms with van der Waals surface area (Å²) in [5.74, 6) is 0. The van der Waals surface area contributed by atoms with E-state index in [9.17, 15) is 5.11 Å². The first-order valence-corrected chi connectivity index (χ1v) is 5.09. The molecule has 1 saturated heterocycles. The smallest absolute Gasteiger partial charge is 0.156 e. The summed E-state index contributed by atoms with van der Waals surface area (Å²) in [7, 11) is 4.07. The van der Waals surface area contributed by atoms with Crippen LogP contribution in [0.25, 0.3) is 0 Å². The predicted molar refractivity (Wildman–Crippen MR) is 54.6 cm³/mol. The zero-order chi connectivity index (χ0) is 10.4. The van der Waals surface area contributed by atoms with Crippen molar-refractivity contribution in [3.05, 3.63) is 0 Å². The molecule has 1 fully saturated rings. The molecule has 3 heteroatoms. The summed E-state index contributed by atoms with van der Waals surface area (Å²) in [5, 5.41) is 9.25. The highest BCUT2D eigenvalue weighted by Crippen LogP contribution is 2.20. The standard InChI is InChI=1S/C8H17NO2.C2H6/c1-6-4-7(9(2)3)5-8(10)11-6;1-2/h6-8,10H,4-5H2,1-3H3;1-2H3/t6?,7-,8?;/m0./s1. The van der Waals surface area contributed by atoms with E-state index in [1.54, 1.807) is 0 Å². The molecule has 1 heterocycles. The second-order valence-corrected chi connectivity index (χ2v) is 3.49. The molecule has 1 N–H and O–H groups in total. The first-order chi connectivity index (χ1) is 6.09. The van der Waals surface area contributed by atoms with Crippen LogP contribution >= 0.6 is 0 Å². The van der Waals surface area contributed by atoms with Crippen molar-refractivity contribution in [1.82, 2.24) is 4.90 Å². The van der Waals surface area contributed by atoms with E-state index in [0.717, 1.165) is 12.8 Å². The van der Waals surface area contributed by atoms with E-state index in [-0.39, 0.29) is 6.10 Å². The van der Waals surface area contributed by atoms with Gasteiger partial charge < -0.3 is 14.7 Å². The molecule has 0 bridgehead atoms. The number of hydrogen-bond donors (Lipinski definition) is 1. The fourth-order valence-electron chi connectivity index (χ4n) is 1.51. The van der Waals surface area contributed by atoms with Gasteiger partial charge in [-0.2, -0.15) is 0 Å². The fraction of sp³-hybridized carbons (Fsp3) is 1.00. The Morgan fingerprint density at radius 1 is 1.23 bits per heavy atom. The highest BCUT2D eigenvalue weighted by atomic mass is 16.6. The van der Waals surface area contributed by atoms with Crippen molar-refractivity contribution in [1.29, 1.82) is 0 Å². The summed E-state index contributed by atoms with van der Waals surface area (Å²) in [5.41, 5.74) is 0. The molecule has 2 unspecified atom stereocenters. The van der Waals surface area contributed by atoms with Crippen molar-refractivity contribution >= 4 is 0 Å². The Kier molecular flexibility index (Phi) is 6.29. The largest absolute Gasteiger partial charge is 0.368 e. The quantitative estimate of drug-likeness (QED) is 0.678. The van der Waals surface area contributed by atoms with Crippen molar-refractivity contribution in [2.45, 2.75) is 52.0 Å². The Morgan fingerprint density at radius 3 is 2.15 bits per heavy atom. The van der Waals surface area contributed by atoms with Gasteiger partial charge in [0.1, 0.15) is 0 Å². The monoisotopic (exact) mass is 189 g/mol. The number of aliphatic hydroxyl groups excluding tert-OH is 1. The zero-order valence-corrected chi connectivity index (χ0v) is 9.45. The van der Waals surface area contributed by atoms with Gasteiger partial charge in [0.25, 0.3) is 0 Å². The first kappa shape index (κ1) is 12.9. The summed E-state index contributed by atoms with van der Waals surface area (Å²) in [4.78, 5) is 2.14. The summed E-state index contributed by atoms with van der Waals surface area (Å²) < 4.78 is 5.20. The highest BCUT2D eigenvalue weighted by Gasteiger charge is 2.26. The van der Waals surface area contributed by atoms with Gasteiger partial charge in [-0.25, -0.2) is 0 Å². The maximum Gasteiger partial charge on any atom is 0.156 e. The molecule has 80 valence electrons. The van der Waals surface area contributed by atoms with Crippen molar-refractivity contribution in [2.75, 3.05) is 14.1 Å². The molecule has 0 radical (unpaired) electrons. The lowest BCUT2D eigenvalue weighted by atomic mass is 10.0. The molecule has 1 aliphatic rings. The SMILES string of the molecule is CC.CC1C[C@H](N(C)C)CC(O)O1. The van der Waals surface area contributed by atoms with Crippen LogP contribution in [0.1, 0.15) is 33.6 Å². The van der Waals surface area contributed by atoms with Crippen LogP contribution < -0.4 is 0 Å². The van der Waals surface area contributed by atoms with E-state index in [1.807, 2.05) is 34.9 Å². The van der Waals surface area contributed by atoms with Gasteiger partial charge in [0.15, 0.2) is 6.29 Å². The summed E-state index contributed by atoms with van der Waals surface area (Å²) >= 11 is 0. The van der Waals surface area contributed by atoms with Gasteiger partial charge in [0.2, 0.25) is 0 Å². The lowest BCUT2D eigenvalue weighted by Crippen LogP contribution is -2.41. The average molecular weight is 189 g/mol. The highest BCUT2D eigenvalue weighted by molar-refractivity contribution is 4.75. The lowest BCUT2D eigenvalue weighted by Gasteiger charge is -2.34. The maximum absolute atomic E-state index is 9.25. The Morgan fingerprint density at radius 2 is 1.77 bits per heavy atom. The first-order valence-electron chi connectivity index (χ1n) is 5.09. The van der Waals surface area contributed by atoms with E-state index in [1.165, 1.54) is 0 Å².